The highest BCUT2D eigenvalue weighted by Gasteiger charge is 2.57. The SMILES string of the molecule is CCC(C)(C)C1(C)OS(=O)(=O)O1. The molecule has 1 heterocycles. The second-order valence-electron chi connectivity index (χ2n) is 3.76. The van der Waals surface area contributed by atoms with Crippen molar-refractivity contribution in [3.8, 4) is 0 Å². The molecule has 1 saturated heterocycles. The molecule has 1 fully saturated rings. The van der Waals surface area contributed by atoms with Crippen LogP contribution in [0.15, 0.2) is 0 Å². The van der Waals surface area contributed by atoms with Gasteiger partial charge in [-0.2, -0.15) is 8.42 Å². The summed E-state index contributed by atoms with van der Waals surface area (Å²) in [6.45, 7) is 7.41. The summed E-state index contributed by atoms with van der Waals surface area (Å²) in [6, 6.07) is 0. The molecular weight excluding hydrogens is 180 g/mol. The topological polar surface area (TPSA) is 52.6 Å². The van der Waals surface area contributed by atoms with E-state index in [1.807, 2.05) is 20.8 Å². The van der Waals surface area contributed by atoms with Crippen LogP contribution in [0.5, 0.6) is 0 Å². The third-order valence-corrected chi connectivity index (χ3v) is 3.68. The molecule has 0 aliphatic carbocycles. The lowest BCUT2D eigenvalue weighted by molar-refractivity contribution is -0.240. The van der Waals surface area contributed by atoms with Gasteiger partial charge in [-0.15, -0.1) is 0 Å². The minimum absolute atomic E-state index is 0.293. The van der Waals surface area contributed by atoms with Crippen LogP contribution in [-0.2, 0) is 18.8 Å². The summed E-state index contributed by atoms with van der Waals surface area (Å²) in [5.74, 6) is -0.986. The van der Waals surface area contributed by atoms with Crippen molar-refractivity contribution in [3.05, 3.63) is 0 Å². The van der Waals surface area contributed by atoms with Crippen LogP contribution >= 0.6 is 0 Å². The van der Waals surface area contributed by atoms with Gasteiger partial charge in [0.1, 0.15) is 0 Å². The van der Waals surface area contributed by atoms with Crippen molar-refractivity contribution in [2.24, 2.45) is 5.41 Å². The third-order valence-electron chi connectivity index (χ3n) is 2.64. The van der Waals surface area contributed by atoms with Crippen molar-refractivity contribution in [2.45, 2.75) is 39.9 Å². The lowest BCUT2D eigenvalue weighted by Crippen LogP contribution is -2.57. The zero-order chi connectivity index (χ0) is 9.62. The maximum atomic E-state index is 10.6. The van der Waals surface area contributed by atoms with Gasteiger partial charge in [0.15, 0.2) is 0 Å². The van der Waals surface area contributed by atoms with Crippen molar-refractivity contribution in [1.82, 2.24) is 0 Å². The predicted octanol–water partition coefficient (Wildman–Crippen LogP) is 1.43. The fourth-order valence-electron chi connectivity index (χ4n) is 0.942. The normalized spacial score (nSPS) is 26.3. The molecule has 0 aromatic heterocycles. The van der Waals surface area contributed by atoms with Gasteiger partial charge in [-0.25, -0.2) is 8.37 Å². The molecule has 12 heavy (non-hydrogen) atoms. The molecule has 0 aromatic rings. The maximum absolute atomic E-state index is 10.6. The fourth-order valence-corrected chi connectivity index (χ4v) is 2.19. The number of rotatable bonds is 2. The third kappa shape index (κ3) is 1.36. The Morgan fingerprint density at radius 1 is 1.33 bits per heavy atom. The van der Waals surface area contributed by atoms with Gasteiger partial charge in [0.25, 0.3) is 0 Å². The van der Waals surface area contributed by atoms with Crippen LogP contribution in [0.3, 0.4) is 0 Å². The van der Waals surface area contributed by atoms with E-state index in [0.717, 1.165) is 6.42 Å². The first-order chi connectivity index (χ1) is 5.22. The Morgan fingerprint density at radius 3 is 2.00 bits per heavy atom. The van der Waals surface area contributed by atoms with Crippen LogP contribution < -0.4 is 0 Å². The molecule has 0 atom stereocenters. The Labute approximate surface area is 73.2 Å². The number of hydrogen-bond donors (Lipinski definition) is 0. The highest BCUT2D eigenvalue weighted by molar-refractivity contribution is 7.82. The molecule has 0 radical (unpaired) electrons. The Kier molecular flexibility index (Phi) is 2.02. The van der Waals surface area contributed by atoms with E-state index in [9.17, 15) is 8.42 Å². The average molecular weight is 194 g/mol. The molecule has 4 nitrogen and oxygen atoms in total. The van der Waals surface area contributed by atoms with Crippen LogP contribution in [0.25, 0.3) is 0 Å². The highest BCUT2D eigenvalue weighted by Crippen LogP contribution is 2.46. The van der Waals surface area contributed by atoms with Crippen molar-refractivity contribution < 1.29 is 16.8 Å². The summed E-state index contributed by atoms with van der Waals surface area (Å²) >= 11 is 0. The van der Waals surface area contributed by atoms with Gasteiger partial charge in [-0.3, -0.25) is 0 Å². The minimum Gasteiger partial charge on any atom is -0.212 e. The Bertz CT molecular complexity index is 266. The smallest absolute Gasteiger partial charge is 0.212 e. The second-order valence-corrected chi connectivity index (χ2v) is 4.91. The summed E-state index contributed by atoms with van der Waals surface area (Å²) in [5, 5.41) is 0. The lowest BCUT2D eigenvalue weighted by Gasteiger charge is -2.46. The first kappa shape index (κ1) is 9.95. The monoisotopic (exact) mass is 194 g/mol. The molecule has 0 N–H and O–H groups in total. The van der Waals surface area contributed by atoms with E-state index in [0.29, 0.717) is 0 Å². The van der Waals surface area contributed by atoms with E-state index in [4.69, 9.17) is 8.37 Å². The van der Waals surface area contributed by atoms with Crippen LogP contribution in [0.4, 0.5) is 0 Å². The summed E-state index contributed by atoms with van der Waals surface area (Å²) in [6.07, 6.45) is 0.791. The first-order valence-electron chi connectivity index (χ1n) is 3.89. The van der Waals surface area contributed by atoms with Gasteiger partial charge in [0.05, 0.1) is 0 Å². The van der Waals surface area contributed by atoms with E-state index < -0.39 is 16.2 Å². The molecule has 5 heteroatoms. The van der Waals surface area contributed by atoms with Gasteiger partial charge in [-0.1, -0.05) is 20.8 Å². The van der Waals surface area contributed by atoms with E-state index in [2.05, 4.69) is 0 Å². The standard InChI is InChI=1S/C7H14O4S/c1-5-6(2,3)7(4)10-12(8,9)11-7/h5H2,1-4H3. The molecule has 1 aliphatic heterocycles. The van der Waals surface area contributed by atoms with Gasteiger partial charge in [-0.05, 0) is 13.3 Å². The quantitative estimate of drug-likeness (QED) is 0.667. The molecule has 72 valence electrons. The van der Waals surface area contributed by atoms with Gasteiger partial charge in [0, 0.05) is 5.41 Å². The average Bonchev–Trinajstić information content (AvgIpc) is 1.83. The molecule has 0 aromatic carbocycles. The largest absolute Gasteiger partial charge is 0.405 e. The molecular formula is C7H14O4S. The zero-order valence-corrected chi connectivity index (χ0v) is 8.56. The van der Waals surface area contributed by atoms with E-state index in [-0.39, 0.29) is 5.41 Å². The summed E-state index contributed by atoms with van der Waals surface area (Å²) in [5.41, 5.74) is -0.293. The second kappa shape index (κ2) is 2.43. The predicted molar refractivity (Wildman–Crippen MR) is 43.6 cm³/mol. The molecule has 1 rings (SSSR count). The van der Waals surface area contributed by atoms with Crippen LogP contribution in [-0.4, -0.2) is 14.2 Å². The first-order valence-corrected chi connectivity index (χ1v) is 5.22. The molecule has 0 unspecified atom stereocenters. The molecule has 0 saturated carbocycles. The maximum Gasteiger partial charge on any atom is 0.405 e. The molecule has 1 aliphatic rings. The Hall–Kier alpha value is -0.130. The zero-order valence-electron chi connectivity index (χ0n) is 7.75. The number of hydrogen-bond acceptors (Lipinski definition) is 4. The van der Waals surface area contributed by atoms with Crippen LogP contribution in [0.2, 0.25) is 0 Å². The highest BCUT2D eigenvalue weighted by atomic mass is 32.3. The molecule has 0 bridgehead atoms. The Balaban J connectivity index is 2.80. The molecule has 0 spiro atoms. The van der Waals surface area contributed by atoms with E-state index in [1.165, 1.54) is 0 Å². The van der Waals surface area contributed by atoms with Gasteiger partial charge < -0.3 is 0 Å². The van der Waals surface area contributed by atoms with Crippen LogP contribution in [0.1, 0.15) is 34.1 Å². The van der Waals surface area contributed by atoms with Crippen molar-refractivity contribution in [2.75, 3.05) is 0 Å². The summed E-state index contributed by atoms with van der Waals surface area (Å²) < 4.78 is 30.7. The molecule has 0 amide bonds. The lowest BCUT2D eigenvalue weighted by atomic mass is 9.82. The van der Waals surface area contributed by atoms with Gasteiger partial charge in [0.2, 0.25) is 5.79 Å². The summed E-state index contributed by atoms with van der Waals surface area (Å²) in [7, 11) is -3.68. The van der Waals surface area contributed by atoms with E-state index in [1.54, 1.807) is 6.92 Å². The fraction of sp³-hybridized carbons (Fsp3) is 1.00. The van der Waals surface area contributed by atoms with Crippen LogP contribution in [0, 0.1) is 5.41 Å². The van der Waals surface area contributed by atoms with E-state index >= 15 is 0 Å². The Morgan fingerprint density at radius 2 is 1.75 bits per heavy atom. The van der Waals surface area contributed by atoms with Crippen molar-refractivity contribution in [1.29, 1.82) is 0 Å². The minimum atomic E-state index is -3.68. The van der Waals surface area contributed by atoms with Crippen molar-refractivity contribution in [3.63, 3.8) is 0 Å². The van der Waals surface area contributed by atoms with Gasteiger partial charge >= 0.3 is 10.4 Å². The summed E-state index contributed by atoms with van der Waals surface area (Å²) in [4.78, 5) is 0. The van der Waals surface area contributed by atoms with Crippen molar-refractivity contribution >= 4 is 10.4 Å².